The standard InChI is InChI=1S/C19H26ClN3O2/c1-19(2,3)25-18(24)22-10-8-14(9-11-22)13-23-16-7-5-4-6-15(16)21-17(23)12-20/h4-7,14H,8-13H2,1-3H3. The van der Waals surface area contributed by atoms with Crippen LogP contribution in [-0.4, -0.2) is 39.2 Å². The molecule has 136 valence electrons. The highest BCUT2D eigenvalue weighted by Gasteiger charge is 2.27. The summed E-state index contributed by atoms with van der Waals surface area (Å²) in [6.07, 6.45) is 1.72. The van der Waals surface area contributed by atoms with Gasteiger partial charge < -0.3 is 14.2 Å². The van der Waals surface area contributed by atoms with Gasteiger partial charge in [-0.15, -0.1) is 11.6 Å². The number of rotatable bonds is 3. The third-order valence-electron chi connectivity index (χ3n) is 4.56. The summed E-state index contributed by atoms with van der Waals surface area (Å²) in [5.41, 5.74) is 1.68. The van der Waals surface area contributed by atoms with Crippen molar-refractivity contribution in [2.75, 3.05) is 13.1 Å². The van der Waals surface area contributed by atoms with Gasteiger partial charge in [-0.2, -0.15) is 0 Å². The van der Waals surface area contributed by atoms with E-state index in [0.29, 0.717) is 11.8 Å². The number of amides is 1. The predicted molar refractivity (Wildman–Crippen MR) is 99.8 cm³/mol. The molecule has 1 aliphatic heterocycles. The van der Waals surface area contributed by atoms with Crippen molar-refractivity contribution in [2.45, 2.75) is 51.6 Å². The highest BCUT2D eigenvalue weighted by Crippen LogP contribution is 2.25. The first-order valence-corrected chi connectivity index (χ1v) is 9.39. The number of ether oxygens (including phenoxy) is 1. The fourth-order valence-corrected chi connectivity index (χ4v) is 3.52. The highest BCUT2D eigenvalue weighted by atomic mass is 35.5. The Morgan fingerprint density at radius 1 is 1.28 bits per heavy atom. The topological polar surface area (TPSA) is 47.4 Å². The minimum Gasteiger partial charge on any atom is -0.444 e. The molecule has 2 aromatic rings. The Balaban J connectivity index is 1.64. The molecule has 1 aliphatic rings. The SMILES string of the molecule is CC(C)(C)OC(=O)N1CCC(Cn2c(CCl)nc3ccccc32)CC1. The number of imidazole rings is 1. The molecule has 3 rings (SSSR count). The van der Waals surface area contributed by atoms with E-state index in [1.807, 2.05) is 43.9 Å². The Hall–Kier alpha value is -1.75. The van der Waals surface area contributed by atoms with Crippen LogP contribution in [0.2, 0.25) is 0 Å². The minimum atomic E-state index is -0.446. The number of aromatic nitrogens is 2. The molecule has 5 nitrogen and oxygen atoms in total. The third-order valence-corrected chi connectivity index (χ3v) is 4.80. The van der Waals surface area contributed by atoms with E-state index in [2.05, 4.69) is 15.6 Å². The normalized spacial score (nSPS) is 16.4. The zero-order chi connectivity index (χ0) is 18.0. The third kappa shape index (κ3) is 4.27. The van der Waals surface area contributed by atoms with Gasteiger partial charge >= 0.3 is 6.09 Å². The van der Waals surface area contributed by atoms with Crippen LogP contribution in [0.15, 0.2) is 24.3 Å². The van der Waals surface area contributed by atoms with Gasteiger partial charge in [0.05, 0.1) is 16.9 Å². The molecule has 1 aromatic carbocycles. The molecular weight excluding hydrogens is 338 g/mol. The maximum Gasteiger partial charge on any atom is 0.410 e. The van der Waals surface area contributed by atoms with Crippen molar-refractivity contribution < 1.29 is 9.53 Å². The molecule has 0 aliphatic carbocycles. The van der Waals surface area contributed by atoms with Gasteiger partial charge in [0, 0.05) is 19.6 Å². The summed E-state index contributed by atoms with van der Waals surface area (Å²) in [5.74, 6) is 1.83. The number of para-hydroxylation sites is 2. The van der Waals surface area contributed by atoms with Crippen LogP contribution < -0.4 is 0 Å². The van der Waals surface area contributed by atoms with Crippen molar-refractivity contribution in [3.8, 4) is 0 Å². The first-order valence-electron chi connectivity index (χ1n) is 8.85. The van der Waals surface area contributed by atoms with E-state index in [9.17, 15) is 4.79 Å². The first kappa shape index (κ1) is 18.1. The maximum absolute atomic E-state index is 12.2. The Labute approximate surface area is 153 Å². The lowest BCUT2D eigenvalue weighted by Gasteiger charge is -2.33. The summed E-state index contributed by atoms with van der Waals surface area (Å²) in [7, 11) is 0. The first-order chi connectivity index (χ1) is 11.9. The number of carbonyl (C=O) groups is 1. The summed E-state index contributed by atoms with van der Waals surface area (Å²) in [4.78, 5) is 18.6. The monoisotopic (exact) mass is 363 g/mol. The molecular formula is C19H26ClN3O2. The molecule has 0 radical (unpaired) electrons. The Morgan fingerprint density at radius 3 is 2.60 bits per heavy atom. The summed E-state index contributed by atoms with van der Waals surface area (Å²) < 4.78 is 7.70. The van der Waals surface area contributed by atoms with E-state index in [0.717, 1.165) is 49.3 Å². The summed E-state index contributed by atoms with van der Waals surface area (Å²) >= 11 is 6.09. The van der Waals surface area contributed by atoms with Crippen LogP contribution in [0.25, 0.3) is 11.0 Å². The van der Waals surface area contributed by atoms with Gasteiger partial charge in [-0.3, -0.25) is 0 Å². The molecule has 25 heavy (non-hydrogen) atoms. The van der Waals surface area contributed by atoms with Gasteiger partial charge in [-0.05, 0) is 51.7 Å². The average Bonchev–Trinajstić information content (AvgIpc) is 2.92. The molecule has 0 atom stereocenters. The Kier molecular flexibility index (Phi) is 5.23. The number of carbonyl (C=O) groups excluding carboxylic acids is 1. The van der Waals surface area contributed by atoms with Crippen LogP contribution in [0.1, 0.15) is 39.4 Å². The average molecular weight is 364 g/mol. The summed E-state index contributed by atoms with van der Waals surface area (Å²) in [6.45, 7) is 8.07. The molecule has 1 saturated heterocycles. The molecule has 0 saturated carbocycles. The largest absolute Gasteiger partial charge is 0.444 e. The molecule has 2 heterocycles. The fraction of sp³-hybridized carbons (Fsp3) is 0.579. The molecule has 0 bridgehead atoms. The Bertz CT molecular complexity index is 743. The zero-order valence-electron chi connectivity index (χ0n) is 15.2. The van der Waals surface area contributed by atoms with E-state index < -0.39 is 5.60 Å². The minimum absolute atomic E-state index is 0.208. The van der Waals surface area contributed by atoms with Crippen LogP contribution in [0.3, 0.4) is 0 Å². The summed E-state index contributed by atoms with van der Waals surface area (Å²) in [5, 5.41) is 0. The lowest BCUT2D eigenvalue weighted by Crippen LogP contribution is -2.42. The van der Waals surface area contributed by atoms with Gasteiger partial charge in [0.25, 0.3) is 0 Å². The molecule has 6 heteroatoms. The maximum atomic E-state index is 12.2. The number of halogens is 1. The second kappa shape index (κ2) is 7.24. The van der Waals surface area contributed by atoms with Crippen LogP contribution in [0.4, 0.5) is 4.79 Å². The molecule has 1 fully saturated rings. The number of fused-ring (bicyclic) bond motifs is 1. The van der Waals surface area contributed by atoms with Gasteiger partial charge in [0.1, 0.15) is 11.4 Å². The fourth-order valence-electron chi connectivity index (χ4n) is 3.31. The van der Waals surface area contributed by atoms with Crippen LogP contribution in [0.5, 0.6) is 0 Å². The second-order valence-electron chi connectivity index (χ2n) is 7.67. The predicted octanol–water partition coefficient (Wildman–Crippen LogP) is 4.42. The van der Waals surface area contributed by atoms with Crippen molar-refractivity contribution >= 4 is 28.7 Å². The highest BCUT2D eigenvalue weighted by molar-refractivity contribution is 6.16. The van der Waals surface area contributed by atoms with Crippen molar-refractivity contribution in [3.05, 3.63) is 30.1 Å². The van der Waals surface area contributed by atoms with Crippen LogP contribution >= 0.6 is 11.6 Å². The molecule has 0 unspecified atom stereocenters. The Morgan fingerprint density at radius 2 is 1.96 bits per heavy atom. The van der Waals surface area contributed by atoms with E-state index >= 15 is 0 Å². The number of likely N-dealkylation sites (tertiary alicyclic amines) is 1. The number of benzene rings is 1. The van der Waals surface area contributed by atoms with E-state index in [4.69, 9.17) is 16.3 Å². The second-order valence-corrected chi connectivity index (χ2v) is 7.94. The van der Waals surface area contributed by atoms with E-state index in [1.54, 1.807) is 0 Å². The molecule has 0 spiro atoms. The zero-order valence-corrected chi connectivity index (χ0v) is 15.9. The number of alkyl halides is 1. The lowest BCUT2D eigenvalue weighted by molar-refractivity contribution is 0.0178. The van der Waals surface area contributed by atoms with Crippen LogP contribution in [-0.2, 0) is 17.2 Å². The van der Waals surface area contributed by atoms with E-state index in [-0.39, 0.29) is 6.09 Å². The lowest BCUT2D eigenvalue weighted by atomic mass is 9.97. The number of piperidine rings is 1. The van der Waals surface area contributed by atoms with Gasteiger partial charge in [-0.1, -0.05) is 12.1 Å². The molecule has 1 aromatic heterocycles. The van der Waals surface area contributed by atoms with Crippen molar-refractivity contribution in [1.82, 2.24) is 14.5 Å². The van der Waals surface area contributed by atoms with E-state index in [1.165, 1.54) is 0 Å². The van der Waals surface area contributed by atoms with Crippen molar-refractivity contribution in [1.29, 1.82) is 0 Å². The van der Waals surface area contributed by atoms with Gasteiger partial charge in [0.2, 0.25) is 0 Å². The number of nitrogens with zero attached hydrogens (tertiary/aromatic N) is 3. The molecule has 0 N–H and O–H groups in total. The number of hydrogen-bond donors (Lipinski definition) is 0. The van der Waals surface area contributed by atoms with Crippen molar-refractivity contribution in [3.63, 3.8) is 0 Å². The summed E-state index contributed by atoms with van der Waals surface area (Å²) in [6, 6.07) is 8.14. The quantitative estimate of drug-likeness (QED) is 0.758. The molecule has 1 amide bonds. The van der Waals surface area contributed by atoms with Gasteiger partial charge in [0.15, 0.2) is 0 Å². The smallest absolute Gasteiger partial charge is 0.410 e. The number of hydrogen-bond acceptors (Lipinski definition) is 3. The van der Waals surface area contributed by atoms with Crippen molar-refractivity contribution in [2.24, 2.45) is 5.92 Å². The van der Waals surface area contributed by atoms with Crippen LogP contribution in [0, 0.1) is 5.92 Å². The van der Waals surface area contributed by atoms with Gasteiger partial charge in [-0.25, -0.2) is 9.78 Å².